The molecule has 2 heterocycles. The number of ether oxygens (including phenoxy) is 2. The summed E-state index contributed by atoms with van der Waals surface area (Å²) >= 11 is 0. The highest BCUT2D eigenvalue weighted by Gasteiger charge is 2.51. The van der Waals surface area contributed by atoms with Gasteiger partial charge in [-0.15, -0.1) is 0 Å². The second kappa shape index (κ2) is 11.2. The van der Waals surface area contributed by atoms with Gasteiger partial charge in [0.1, 0.15) is 17.3 Å². The number of methoxy groups -OCH3 is 1. The van der Waals surface area contributed by atoms with Crippen molar-refractivity contribution in [2.45, 2.75) is 31.5 Å². The molecule has 0 aliphatic carbocycles. The van der Waals surface area contributed by atoms with Crippen molar-refractivity contribution in [1.82, 2.24) is 4.98 Å². The molecule has 0 bridgehead atoms. The Kier molecular flexibility index (Phi) is 8.85. The second-order valence-electron chi connectivity index (χ2n) is 7.14. The number of nitrogens with zero attached hydrogens (tertiary/aromatic N) is 1. The number of anilines is 1. The molecule has 1 aromatic carbocycles. The van der Waals surface area contributed by atoms with Gasteiger partial charge in [-0.2, -0.15) is 13.2 Å². The third-order valence-corrected chi connectivity index (χ3v) is 5.09. The van der Waals surface area contributed by atoms with Crippen LogP contribution in [0.25, 0.3) is 0 Å². The van der Waals surface area contributed by atoms with Crippen LogP contribution in [0.4, 0.5) is 32.0 Å². The first-order chi connectivity index (χ1) is 15.9. The third-order valence-electron chi connectivity index (χ3n) is 5.09. The van der Waals surface area contributed by atoms with Gasteiger partial charge in [0.25, 0.3) is 6.43 Å². The van der Waals surface area contributed by atoms with Crippen LogP contribution in [-0.4, -0.2) is 48.5 Å². The van der Waals surface area contributed by atoms with Crippen molar-refractivity contribution in [3.63, 3.8) is 0 Å². The van der Waals surface area contributed by atoms with E-state index in [1.165, 1.54) is 31.3 Å². The Morgan fingerprint density at radius 1 is 1.32 bits per heavy atom. The van der Waals surface area contributed by atoms with Gasteiger partial charge < -0.3 is 19.9 Å². The number of hydrogen-bond acceptors (Lipinski definition) is 5. The molecule has 3 atom stereocenters. The molecule has 1 aromatic heterocycles. The summed E-state index contributed by atoms with van der Waals surface area (Å²) in [7, 11) is 1.08. The first kappa shape index (κ1) is 26.9. The number of halogens is 6. The molecule has 13 heteroatoms. The van der Waals surface area contributed by atoms with Crippen LogP contribution in [-0.2, 0) is 9.53 Å². The Hall–Kier alpha value is -3.35. The summed E-state index contributed by atoms with van der Waals surface area (Å²) in [6.07, 6.45) is -7.88. The van der Waals surface area contributed by atoms with E-state index in [-0.39, 0.29) is 17.9 Å². The molecule has 2 N–H and O–H groups in total. The standard InChI is InChI=1S/C14H14F6O2.C7H6N2O3/c1-6-8(5-22-12(6)14(18,19)20)7-3-4-9(15)10(13(16)17)11(7)21-2;10-4-9-5-1-2-8-6(3-5)7(11)12/h3-4,6,8,12-13H,5H2,1-2H3;1-4H,(H,11,12)(H,8,9,10). The fraction of sp³-hybridized carbons (Fsp3) is 0.381. The molecule has 0 saturated carbocycles. The minimum absolute atomic E-state index is 0.0955. The van der Waals surface area contributed by atoms with Crippen molar-refractivity contribution in [3.05, 3.63) is 53.1 Å². The zero-order chi connectivity index (χ0) is 25.6. The highest BCUT2D eigenvalue weighted by atomic mass is 19.4. The normalized spacial score (nSPS) is 19.9. The zero-order valence-electron chi connectivity index (χ0n) is 17.8. The maximum absolute atomic E-state index is 13.5. The summed E-state index contributed by atoms with van der Waals surface area (Å²) in [6.45, 7) is 1.02. The topological polar surface area (TPSA) is 97.8 Å². The van der Waals surface area contributed by atoms with Gasteiger partial charge in [-0.25, -0.2) is 22.9 Å². The maximum atomic E-state index is 13.5. The lowest BCUT2D eigenvalue weighted by molar-refractivity contribution is -0.215. The number of benzene rings is 1. The molecule has 1 fully saturated rings. The number of carbonyl (C=O) groups is 2. The SMILES string of the molecule is COc1c(C2COC(C(F)(F)F)C2C)ccc(F)c1C(F)F.O=CNc1ccnc(C(=O)O)c1. The van der Waals surface area contributed by atoms with Gasteiger partial charge in [-0.3, -0.25) is 4.79 Å². The van der Waals surface area contributed by atoms with Crippen LogP contribution in [0.2, 0.25) is 0 Å². The van der Waals surface area contributed by atoms with Crippen molar-refractivity contribution in [3.8, 4) is 5.75 Å². The number of nitrogens with one attached hydrogen (secondary N) is 1. The molecule has 0 radical (unpaired) electrons. The summed E-state index contributed by atoms with van der Waals surface area (Å²) in [4.78, 5) is 23.9. The summed E-state index contributed by atoms with van der Waals surface area (Å²) < 4.78 is 87.6. The van der Waals surface area contributed by atoms with E-state index in [9.17, 15) is 35.9 Å². The molecular weight excluding hydrogens is 474 g/mol. The van der Waals surface area contributed by atoms with Crippen molar-refractivity contribution >= 4 is 18.1 Å². The number of carbonyl (C=O) groups excluding carboxylic acids is 1. The fourth-order valence-electron chi connectivity index (χ4n) is 3.51. The molecule has 1 amide bonds. The maximum Gasteiger partial charge on any atom is 0.414 e. The number of amides is 1. The number of rotatable bonds is 6. The minimum Gasteiger partial charge on any atom is -0.496 e. The predicted molar refractivity (Wildman–Crippen MR) is 106 cm³/mol. The van der Waals surface area contributed by atoms with E-state index in [0.29, 0.717) is 12.1 Å². The van der Waals surface area contributed by atoms with Crippen molar-refractivity contribution < 1.29 is 50.5 Å². The van der Waals surface area contributed by atoms with Gasteiger partial charge >= 0.3 is 12.1 Å². The number of pyridine rings is 1. The largest absolute Gasteiger partial charge is 0.496 e. The molecule has 2 aromatic rings. The molecule has 1 saturated heterocycles. The molecule has 3 rings (SSSR count). The van der Waals surface area contributed by atoms with Crippen LogP contribution in [0.3, 0.4) is 0 Å². The van der Waals surface area contributed by atoms with E-state index in [1.807, 2.05) is 0 Å². The van der Waals surface area contributed by atoms with Gasteiger partial charge in [0.05, 0.1) is 19.3 Å². The van der Waals surface area contributed by atoms with Crippen molar-refractivity contribution in [2.75, 3.05) is 19.0 Å². The molecule has 1 aliphatic heterocycles. The van der Waals surface area contributed by atoms with Gasteiger partial charge in [0.15, 0.2) is 6.10 Å². The van der Waals surface area contributed by atoms with Crippen molar-refractivity contribution in [1.29, 1.82) is 0 Å². The fourth-order valence-corrected chi connectivity index (χ4v) is 3.51. The summed E-state index contributed by atoms with van der Waals surface area (Å²) in [6, 6.07) is 4.76. The highest BCUT2D eigenvalue weighted by molar-refractivity contribution is 5.87. The van der Waals surface area contributed by atoms with Crippen LogP contribution in [0.1, 0.15) is 40.9 Å². The van der Waals surface area contributed by atoms with Gasteiger partial charge in [0.2, 0.25) is 6.41 Å². The average Bonchev–Trinajstić information content (AvgIpc) is 3.15. The summed E-state index contributed by atoms with van der Waals surface area (Å²) in [5, 5.41) is 10.8. The lowest BCUT2D eigenvalue weighted by Gasteiger charge is -2.23. The van der Waals surface area contributed by atoms with Crippen LogP contribution in [0.15, 0.2) is 30.5 Å². The number of carboxylic acids is 1. The minimum atomic E-state index is -4.55. The Balaban J connectivity index is 0.000000287. The number of aromatic carboxylic acids is 1. The van der Waals surface area contributed by atoms with E-state index < -0.39 is 53.6 Å². The van der Waals surface area contributed by atoms with E-state index in [1.54, 1.807) is 0 Å². The molecule has 0 spiro atoms. The van der Waals surface area contributed by atoms with E-state index in [4.69, 9.17) is 14.6 Å². The molecule has 186 valence electrons. The van der Waals surface area contributed by atoms with Crippen LogP contribution < -0.4 is 10.1 Å². The van der Waals surface area contributed by atoms with Gasteiger partial charge in [-0.1, -0.05) is 13.0 Å². The van der Waals surface area contributed by atoms with Crippen molar-refractivity contribution in [2.24, 2.45) is 5.92 Å². The van der Waals surface area contributed by atoms with E-state index in [0.717, 1.165) is 13.2 Å². The Bertz CT molecular complexity index is 1020. The van der Waals surface area contributed by atoms with Crippen LogP contribution in [0, 0.1) is 11.7 Å². The summed E-state index contributed by atoms with van der Waals surface area (Å²) in [5.74, 6) is -4.50. The van der Waals surface area contributed by atoms with Crippen LogP contribution in [0.5, 0.6) is 5.75 Å². The predicted octanol–water partition coefficient (Wildman–Crippen LogP) is 4.80. The first-order valence-electron chi connectivity index (χ1n) is 9.64. The lowest BCUT2D eigenvalue weighted by Crippen LogP contribution is -2.33. The van der Waals surface area contributed by atoms with E-state index >= 15 is 0 Å². The Morgan fingerprint density at radius 3 is 2.50 bits per heavy atom. The second-order valence-corrected chi connectivity index (χ2v) is 7.14. The summed E-state index contributed by atoms with van der Waals surface area (Å²) in [5.41, 5.74) is -0.527. The number of alkyl halides is 5. The monoisotopic (exact) mass is 494 g/mol. The van der Waals surface area contributed by atoms with E-state index in [2.05, 4.69) is 10.3 Å². The number of hydrogen-bond donors (Lipinski definition) is 2. The average molecular weight is 494 g/mol. The zero-order valence-corrected chi connectivity index (χ0v) is 17.8. The highest BCUT2D eigenvalue weighted by Crippen LogP contribution is 2.46. The molecule has 3 unspecified atom stereocenters. The Labute approximate surface area is 189 Å². The quantitative estimate of drug-likeness (QED) is 0.442. The molecular formula is C21H20F6N2O5. The third kappa shape index (κ3) is 6.16. The van der Waals surface area contributed by atoms with Gasteiger partial charge in [-0.05, 0) is 18.2 Å². The molecule has 7 nitrogen and oxygen atoms in total. The number of carboxylic acid groups (broad SMARTS) is 1. The first-order valence-corrected chi connectivity index (χ1v) is 9.64. The number of aromatic nitrogens is 1. The van der Waals surface area contributed by atoms with Crippen LogP contribution >= 0.6 is 0 Å². The molecule has 1 aliphatic rings. The lowest BCUT2D eigenvalue weighted by atomic mass is 9.85. The van der Waals surface area contributed by atoms with Gasteiger partial charge in [0, 0.05) is 29.3 Å². The smallest absolute Gasteiger partial charge is 0.414 e. The molecule has 34 heavy (non-hydrogen) atoms. The Morgan fingerprint density at radius 2 is 2.00 bits per heavy atom.